The van der Waals surface area contributed by atoms with E-state index in [0.717, 1.165) is 13.1 Å². The Kier molecular flexibility index (Phi) is 4.54. The first kappa shape index (κ1) is 13.3. The van der Waals surface area contributed by atoms with Crippen LogP contribution in [0.3, 0.4) is 0 Å². The zero-order chi connectivity index (χ0) is 13.0. The number of ether oxygens (including phenoxy) is 1. The van der Waals surface area contributed by atoms with Gasteiger partial charge in [0.25, 0.3) is 5.91 Å². The quantitative estimate of drug-likeness (QED) is 0.861. The molecule has 98 valence electrons. The summed E-state index contributed by atoms with van der Waals surface area (Å²) >= 11 is 3.15. The molecule has 4 nitrogen and oxygen atoms in total. The minimum atomic E-state index is -0.486. The highest BCUT2D eigenvalue weighted by Gasteiger charge is 2.17. The molecule has 0 atom stereocenters. The van der Waals surface area contributed by atoms with E-state index in [1.807, 2.05) is 0 Å². The van der Waals surface area contributed by atoms with Crippen LogP contribution in [-0.4, -0.2) is 32.1 Å². The van der Waals surface area contributed by atoms with Crippen molar-refractivity contribution in [2.24, 2.45) is 5.92 Å². The second-order valence-corrected chi connectivity index (χ2v) is 5.11. The number of hydrogen-bond acceptors (Lipinski definition) is 3. The van der Waals surface area contributed by atoms with Crippen LogP contribution in [0.25, 0.3) is 0 Å². The standard InChI is InChI=1S/C12H14BrFN2O2/c13-9-1-2-11(10(14)3-9)18-7-12(17)16-6-8-4-15-5-8/h1-3,8,15H,4-7H2,(H,16,17). The van der Waals surface area contributed by atoms with Crippen molar-refractivity contribution in [1.29, 1.82) is 0 Å². The second kappa shape index (κ2) is 6.15. The van der Waals surface area contributed by atoms with E-state index in [1.165, 1.54) is 12.1 Å². The van der Waals surface area contributed by atoms with E-state index in [9.17, 15) is 9.18 Å². The maximum Gasteiger partial charge on any atom is 0.257 e. The number of hydrogen-bond donors (Lipinski definition) is 2. The van der Waals surface area contributed by atoms with E-state index in [-0.39, 0.29) is 18.3 Å². The minimum absolute atomic E-state index is 0.0821. The molecule has 0 saturated carbocycles. The molecule has 1 aromatic rings. The Morgan fingerprint density at radius 2 is 2.33 bits per heavy atom. The number of carbonyl (C=O) groups excluding carboxylic acids is 1. The van der Waals surface area contributed by atoms with E-state index in [2.05, 4.69) is 26.6 Å². The Hall–Kier alpha value is -1.14. The van der Waals surface area contributed by atoms with Gasteiger partial charge in [0.05, 0.1) is 0 Å². The fourth-order valence-electron chi connectivity index (χ4n) is 1.54. The molecule has 1 fully saturated rings. The summed E-state index contributed by atoms with van der Waals surface area (Å²) in [4.78, 5) is 11.5. The molecule has 1 aliphatic heterocycles. The molecule has 0 aliphatic carbocycles. The number of halogens is 2. The van der Waals surface area contributed by atoms with Crippen LogP contribution in [0.1, 0.15) is 0 Å². The Bertz CT molecular complexity index is 438. The molecular formula is C12H14BrFN2O2. The molecule has 1 heterocycles. The van der Waals surface area contributed by atoms with Crippen LogP contribution in [0.5, 0.6) is 5.75 Å². The number of amides is 1. The van der Waals surface area contributed by atoms with Gasteiger partial charge in [-0.15, -0.1) is 0 Å². The lowest BCUT2D eigenvalue weighted by Crippen LogP contribution is -2.48. The molecule has 0 radical (unpaired) electrons. The van der Waals surface area contributed by atoms with Crippen LogP contribution < -0.4 is 15.4 Å². The Morgan fingerprint density at radius 1 is 1.56 bits per heavy atom. The Balaban J connectivity index is 1.74. The van der Waals surface area contributed by atoms with E-state index in [0.29, 0.717) is 16.9 Å². The molecule has 18 heavy (non-hydrogen) atoms. The average Bonchev–Trinajstić information content (AvgIpc) is 2.25. The van der Waals surface area contributed by atoms with Gasteiger partial charge in [0, 0.05) is 30.0 Å². The largest absolute Gasteiger partial charge is 0.481 e. The summed E-state index contributed by atoms with van der Waals surface area (Å²) in [7, 11) is 0. The van der Waals surface area contributed by atoms with Gasteiger partial charge in [-0.2, -0.15) is 0 Å². The maximum atomic E-state index is 13.4. The fourth-order valence-corrected chi connectivity index (χ4v) is 1.87. The van der Waals surface area contributed by atoms with Gasteiger partial charge in [0.2, 0.25) is 0 Å². The van der Waals surface area contributed by atoms with Crippen molar-refractivity contribution in [2.75, 3.05) is 26.2 Å². The third-order valence-electron chi connectivity index (χ3n) is 2.71. The molecule has 6 heteroatoms. The maximum absolute atomic E-state index is 13.4. The second-order valence-electron chi connectivity index (χ2n) is 4.19. The molecule has 0 aromatic heterocycles. The van der Waals surface area contributed by atoms with Crippen LogP contribution in [0.4, 0.5) is 4.39 Å². The summed E-state index contributed by atoms with van der Waals surface area (Å²) in [5.41, 5.74) is 0. The van der Waals surface area contributed by atoms with Gasteiger partial charge in [-0.25, -0.2) is 4.39 Å². The number of rotatable bonds is 5. The smallest absolute Gasteiger partial charge is 0.257 e. The first-order valence-corrected chi connectivity index (χ1v) is 6.49. The predicted octanol–water partition coefficient (Wildman–Crippen LogP) is 1.30. The van der Waals surface area contributed by atoms with Crippen LogP contribution in [0.2, 0.25) is 0 Å². The Morgan fingerprint density at radius 3 is 2.94 bits per heavy atom. The molecular weight excluding hydrogens is 303 g/mol. The highest BCUT2D eigenvalue weighted by Crippen LogP contribution is 2.21. The van der Waals surface area contributed by atoms with Crippen molar-refractivity contribution in [2.45, 2.75) is 0 Å². The summed E-state index contributed by atoms with van der Waals surface area (Å²) in [5.74, 6) is -0.137. The third kappa shape index (κ3) is 3.68. The van der Waals surface area contributed by atoms with Crippen LogP contribution in [0.15, 0.2) is 22.7 Å². The van der Waals surface area contributed by atoms with E-state index in [4.69, 9.17) is 4.74 Å². The van der Waals surface area contributed by atoms with Gasteiger partial charge in [0.1, 0.15) is 0 Å². The van der Waals surface area contributed by atoms with Gasteiger partial charge >= 0.3 is 0 Å². The van der Waals surface area contributed by atoms with Crippen molar-refractivity contribution < 1.29 is 13.9 Å². The van der Waals surface area contributed by atoms with Gasteiger partial charge in [-0.3, -0.25) is 4.79 Å². The fraction of sp³-hybridized carbons (Fsp3) is 0.417. The lowest BCUT2D eigenvalue weighted by molar-refractivity contribution is -0.123. The van der Waals surface area contributed by atoms with Crippen LogP contribution in [0, 0.1) is 11.7 Å². The zero-order valence-corrected chi connectivity index (χ0v) is 11.3. The summed E-state index contributed by atoms with van der Waals surface area (Å²) < 4.78 is 19.1. The first-order valence-electron chi connectivity index (χ1n) is 5.70. The van der Waals surface area contributed by atoms with Crippen LogP contribution >= 0.6 is 15.9 Å². The highest BCUT2D eigenvalue weighted by molar-refractivity contribution is 9.10. The molecule has 0 unspecified atom stereocenters. The van der Waals surface area contributed by atoms with Crippen molar-refractivity contribution in [1.82, 2.24) is 10.6 Å². The SMILES string of the molecule is O=C(COc1ccc(Br)cc1F)NCC1CNC1. The molecule has 2 N–H and O–H groups in total. The van der Waals surface area contributed by atoms with Crippen molar-refractivity contribution in [3.8, 4) is 5.75 Å². The molecule has 0 spiro atoms. The topological polar surface area (TPSA) is 50.4 Å². The third-order valence-corrected chi connectivity index (χ3v) is 3.20. The number of benzene rings is 1. The van der Waals surface area contributed by atoms with E-state index < -0.39 is 5.82 Å². The van der Waals surface area contributed by atoms with E-state index in [1.54, 1.807) is 6.07 Å². The zero-order valence-electron chi connectivity index (χ0n) is 9.71. The van der Waals surface area contributed by atoms with Gasteiger partial charge < -0.3 is 15.4 Å². The number of carbonyl (C=O) groups is 1. The van der Waals surface area contributed by atoms with Gasteiger partial charge in [0.15, 0.2) is 18.2 Å². The molecule has 1 saturated heterocycles. The summed E-state index contributed by atoms with van der Waals surface area (Å²) in [6.07, 6.45) is 0. The van der Waals surface area contributed by atoms with Crippen molar-refractivity contribution in [3.05, 3.63) is 28.5 Å². The lowest BCUT2D eigenvalue weighted by Gasteiger charge is -2.27. The summed E-state index contributed by atoms with van der Waals surface area (Å²) in [5, 5.41) is 5.87. The predicted molar refractivity (Wildman–Crippen MR) is 69.0 cm³/mol. The van der Waals surface area contributed by atoms with Crippen molar-refractivity contribution >= 4 is 21.8 Å². The highest BCUT2D eigenvalue weighted by atomic mass is 79.9. The summed E-state index contributed by atoms with van der Waals surface area (Å²) in [6, 6.07) is 4.45. The molecule has 2 rings (SSSR count). The first-order chi connectivity index (χ1) is 8.65. The van der Waals surface area contributed by atoms with Crippen LogP contribution in [-0.2, 0) is 4.79 Å². The van der Waals surface area contributed by atoms with Crippen molar-refractivity contribution in [3.63, 3.8) is 0 Å². The Labute approximate surface area is 113 Å². The summed E-state index contributed by atoms with van der Waals surface area (Å²) in [6.45, 7) is 2.33. The normalized spacial score (nSPS) is 15.0. The molecule has 1 aromatic carbocycles. The lowest BCUT2D eigenvalue weighted by atomic mass is 10.0. The molecule has 1 aliphatic rings. The van der Waals surface area contributed by atoms with Gasteiger partial charge in [-0.05, 0) is 18.2 Å². The van der Waals surface area contributed by atoms with Gasteiger partial charge in [-0.1, -0.05) is 15.9 Å². The van der Waals surface area contributed by atoms with E-state index >= 15 is 0 Å². The average molecular weight is 317 g/mol. The monoisotopic (exact) mass is 316 g/mol. The molecule has 0 bridgehead atoms. The number of nitrogens with one attached hydrogen (secondary N) is 2. The molecule has 1 amide bonds. The minimum Gasteiger partial charge on any atom is -0.481 e.